The fourth-order valence-electron chi connectivity index (χ4n) is 1.31. The zero-order valence-corrected chi connectivity index (χ0v) is 8.91. The lowest BCUT2D eigenvalue weighted by Gasteiger charge is -1.94. The summed E-state index contributed by atoms with van der Waals surface area (Å²) >= 11 is 5.84. The molecule has 0 aromatic heterocycles. The topological polar surface area (TPSA) is 0 Å². The van der Waals surface area contributed by atoms with Crippen molar-refractivity contribution in [3.63, 3.8) is 0 Å². The summed E-state index contributed by atoms with van der Waals surface area (Å²) in [5.41, 5.74) is 2.27. The molecule has 0 fully saturated rings. The molecule has 0 nitrogen and oxygen atoms in total. The molecule has 0 amide bonds. The van der Waals surface area contributed by atoms with Crippen LogP contribution in [0, 0.1) is 6.07 Å². The predicted octanol–water partition coefficient (Wildman–Crippen LogP) is 4.31. The van der Waals surface area contributed by atoms with Crippen LogP contribution in [0.15, 0.2) is 48.5 Å². The standard InChI is InChI=1S/C14H10Cl/c15-14-8-4-7-13(11-14)10-9-12-5-2-1-3-6-12/h1-7,9-11H/b10-9+. The Labute approximate surface area is 94.8 Å². The van der Waals surface area contributed by atoms with E-state index in [2.05, 4.69) is 24.3 Å². The van der Waals surface area contributed by atoms with Crippen molar-refractivity contribution >= 4 is 23.8 Å². The Morgan fingerprint density at radius 1 is 0.933 bits per heavy atom. The molecule has 0 bridgehead atoms. The summed E-state index contributed by atoms with van der Waals surface area (Å²) in [5, 5.41) is 0.644. The van der Waals surface area contributed by atoms with Gasteiger partial charge in [-0.15, -0.1) is 0 Å². The molecule has 73 valence electrons. The third kappa shape index (κ3) is 2.97. The molecule has 1 radical (unpaired) electrons. The Bertz CT molecular complexity index is 458. The van der Waals surface area contributed by atoms with E-state index in [9.17, 15) is 0 Å². The zero-order chi connectivity index (χ0) is 10.5. The molecule has 0 aliphatic rings. The maximum atomic E-state index is 5.84. The number of hydrogen-bond donors (Lipinski definition) is 0. The summed E-state index contributed by atoms with van der Waals surface area (Å²) in [5.74, 6) is 0. The van der Waals surface area contributed by atoms with Crippen molar-refractivity contribution in [2.24, 2.45) is 0 Å². The molecular formula is C14H10Cl. The lowest BCUT2D eigenvalue weighted by Crippen LogP contribution is -1.72. The number of hydrogen-bond acceptors (Lipinski definition) is 0. The van der Waals surface area contributed by atoms with E-state index in [4.69, 9.17) is 11.6 Å². The number of halogens is 1. The van der Waals surface area contributed by atoms with Gasteiger partial charge in [0, 0.05) is 11.1 Å². The second-order valence-corrected chi connectivity index (χ2v) is 3.62. The molecule has 0 saturated carbocycles. The fourth-order valence-corrected chi connectivity index (χ4v) is 1.50. The minimum atomic E-state index is 0.644. The monoisotopic (exact) mass is 213 g/mol. The number of benzene rings is 2. The minimum Gasteiger partial charge on any atom is -0.0836 e. The van der Waals surface area contributed by atoms with Crippen LogP contribution in [-0.4, -0.2) is 0 Å². The van der Waals surface area contributed by atoms with Crippen LogP contribution in [0.4, 0.5) is 0 Å². The third-order valence-electron chi connectivity index (χ3n) is 2.06. The van der Waals surface area contributed by atoms with Crippen molar-refractivity contribution in [3.8, 4) is 0 Å². The Balaban J connectivity index is 2.19. The lowest BCUT2D eigenvalue weighted by atomic mass is 10.1. The highest BCUT2D eigenvalue weighted by Crippen LogP contribution is 2.12. The van der Waals surface area contributed by atoms with Gasteiger partial charge in [0.2, 0.25) is 0 Å². The molecule has 2 aromatic rings. The SMILES string of the molecule is Clc1[c]ccc(/C=C/c2ccccc2)c1. The van der Waals surface area contributed by atoms with Crippen LogP contribution < -0.4 is 0 Å². The minimum absolute atomic E-state index is 0.644. The van der Waals surface area contributed by atoms with Crippen molar-refractivity contribution in [2.45, 2.75) is 0 Å². The Kier molecular flexibility index (Phi) is 3.21. The summed E-state index contributed by atoms with van der Waals surface area (Å²) in [6.07, 6.45) is 4.10. The first-order valence-electron chi connectivity index (χ1n) is 4.75. The van der Waals surface area contributed by atoms with Gasteiger partial charge in [-0.25, -0.2) is 0 Å². The van der Waals surface area contributed by atoms with Crippen molar-refractivity contribution in [1.29, 1.82) is 0 Å². The number of rotatable bonds is 2. The van der Waals surface area contributed by atoms with Gasteiger partial charge in [-0.3, -0.25) is 0 Å². The van der Waals surface area contributed by atoms with Crippen molar-refractivity contribution < 1.29 is 0 Å². The van der Waals surface area contributed by atoms with Gasteiger partial charge < -0.3 is 0 Å². The van der Waals surface area contributed by atoms with Gasteiger partial charge in [-0.2, -0.15) is 0 Å². The normalized spacial score (nSPS) is 10.7. The van der Waals surface area contributed by atoms with E-state index in [0.717, 1.165) is 5.56 Å². The maximum Gasteiger partial charge on any atom is 0.0490 e. The summed E-state index contributed by atoms with van der Waals surface area (Å²) in [7, 11) is 0. The molecule has 0 atom stereocenters. The van der Waals surface area contributed by atoms with Crippen molar-refractivity contribution in [3.05, 3.63) is 70.7 Å². The molecule has 0 spiro atoms. The average Bonchev–Trinajstić information content (AvgIpc) is 2.28. The van der Waals surface area contributed by atoms with E-state index in [0.29, 0.717) is 5.02 Å². The molecule has 0 unspecified atom stereocenters. The Morgan fingerprint density at radius 2 is 1.67 bits per heavy atom. The Hall–Kier alpha value is -1.53. The first-order chi connectivity index (χ1) is 7.34. The second kappa shape index (κ2) is 4.81. The van der Waals surface area contributed by atoms with E-state index in [-0.39, 0.29) is 0 Å². The first kappa shape index (κ1) is 10.0. The first-order valence-corrected chi connectivity index (χ1v) is 5.13. The molecule has 0 heterocycles. The Morgan fingerprint density at radius 3 is 2.40 bits per heavy atom. The van der Waals surface area contributed by atoms with E-state index < -0.39 is 0 Å². The highest BCUT2D eigenvalue weighted by Gasteiger charge is 1.89. The van der Waals surface area contributed by atoms with Crippen LogP contribution in [0.2, 0.25) is 5.02 Å². The quantitative estimate of drug-likeness (QED) is 0.652. The third-order valence-corrected chi connectivity index (χ3v) is 2.28. The van der Waals surface area contributed by atoms with Crippen molar-refractivity contribution in [2.75, 3.05) is 0 Å². The van der Waals surface area contributed by atoms with Gasteiger partial charge in [0.05, 0.1) is 0 Å². The highest BCUT2D eigenvalue weighted by molar-refractivity contribution is 6.30. The van der Waals surface area contributed by atoms with Gasteiger partial charge in [0.1, 0.15) is 0 Å². The summed E-state index contributed by atoms with van der Waals surface area (Å²) in [6, 6.07) is 18.8. The van der Waals surface area contributed by atoms with Crippen LogP contribution in [0.1, 0.15) is 11.1 Å². The molecule has 0 aliphatic heterocycles. The molecule has 0 N–H and O–H groups in total. The van der Waals surface area contributed by atoms with Crippen molar-refractivity contribution in [1.82, 2.24) is 0 Å². The van der Waals surface area contributed by atoms with Gasteiger partial charge in [-0.05, 0) is 17.2 Å². The van der Waals surface area contributed by atoms with Gasteiger partial charge >= 0.3 is 0 Å². The maximum absolute atomic E-state index is 5.84. The molecule has 2 rings (SSSR count). The molecule has 1 heteroatoms. The van der Waals surface area contributed by atoms with Crippen LogP contribution in [0.5, 0.6) is 0 Å². The van der Waals surface area contributed by atoms with Gasteiger partial charge in [0.25, 0.3) is 0 Å². The predicted molar refractivity (Wildman–Crippen MR) is 65.7 cm³/mol. The van der Waals surface area contributed by atoms with Crippen LogP contribution in [-0.2, 0) is 0 Å². The van der Waals surface area contributed by atoms with E-state index in [1.165, 1.54) is 5.56 Å². The fraction of sp³-hybridized carbons (Fsp3) is 0. The van der Waals surface area contributed by atoms with Crippen LogP contribution >= 0.6 is 11.6 Å². The highest BCUT2D eigenvalue weighted by atomic mass is 35.5. The van der Waals surface area contributed by atoms with E-state index in [1.807, 2.05) is 42.5 Å². The lowest BCUT2D eigenvalue weighted by molar-refractivity contribution is 1.63. The van der Waals surface area contributed by atoms with Gasteiger partial charge in [0.15, 0.2) is 0 Å². The summed E-state index contributed by atoms with van der Waals surface area (Å²) in [6.45, 7) is 0. The summed E-state index contributed by atoms with van der Waals surface area (Å²) < 4.78 is 0. The summed E-state index contributed by atoms with van der Waals surface area (Å²) in [4.78, 5) is 0. The zero-order valence-electron chi connectivity index (χ0n) is 8.15. The second-order valence-electron chi connectivity index (χ2n) is 3.21. The molecule has 2 aromatic carbocycles. The smallest absolute Gasteiger partial charge is 0.0490 e. The van der Waals surface area contributed by atoms with Crippen LogP contribution in [0.3, 0.4) is 0 Å². The average molecular weight is 214 g/mol. The van der Waals surface area contributed by atoms with Gasteiger partial charge in [-0.1, -0.05) is 66.2 Å². The molecule has 0 aliphatic carbocycles. The van der Waals surface area contributed by atoms with E-state index >= 15 is 0 Å². The van der Waals surface area contributed by atoms with Crippen LogP contribution in [0.25, 0.3) is 12.2 Å². The molecular weight excluding hydrogens is 204 g/mol. The van der Waals surface area contributed by atoms with E-state index in [1.54, 1.807) is 0 Å². The largest absolute Gasteiger partial charge is 0.0836 e. The molecule has 0 saturated heterocycles. The molecule has 15 heavy (non-hydrogen) atoms.